The smallest absolute Gasteiger partial charge is 0.303 e. The van der Waals surface area contributed by atoms with Crippen molar-refractivity contribution in [2.75, 3.05) is 43.7 Å². The first-order chi connectivity index (χ1) is 19.4. The monoisotopic (exact) mass is 543 g/mol. The van der Waals surface area contributed by atoms with Gasteiger partial charge in [-0.05, 0) is 85.4 Å². The van der Waals surface area contributed by atoms with Gasteiger partial charge in [0.05, 0.1) is 43.3 Å². The molecule has 3 aromatic rings. The number of hydrogen-bond acceptors (Lipinski definition) is 6. The van der Waals surface area contributed by atoms with Crippen LogP contribution >= 0.6 is 0 Å². The van der Waals surface area contributed by atoms with Gasteiger partial charge in [0.1, 0.15) is 11.5 Å². The number of pyridine rings is 1. The molecule has 1 aromatic heterocycles. The maximum Gasteiger partial charge on any atom is 0.303 e. The van der Waals surface area contributed by atoms with Crippen LogP contribution in [0.1, 0.15) is 53.9 Å². The first kappa shape index (κ1) is 27.5. The van der Waals surface area contributed by atoms with Crippen LogP contribution in [0, 0.1) is 11.8 Å². The maximum atomic E-state index is 13.5. The number of rotatable bonds is 11. The van der Waals surface area contributed by atoms with Crippen molar-refractivity contribution < 1.29 is 24.2 Å². The molecule has 1 saturated carbocycles. The number of amides is 1. The number of nitrogens with zero attached hydrogens (tertiary/aromatic N) is 3. The van der Waals surface area contributed by atoms with Gasteiger partial charge in [0, 0.05) is 32.4 Å². The number of anilines is 2. The largest absolute Gasteiger partial charge is 0.497 e. The van der Waals surface area contributed by atoms with Crippen LogP contribution in [0.15, 0.2) is 67.0 Å². The third-order valence-corrected chi connectivity index (χ3v) is 8.09. The van der Waals surface area contributed by atoms with Crippen molar-refractivity contribution in [3.8, 4) is 11.5 Å². The average molecular weight is 544 g/mol. The Morgan fingerprint density at radius 3 is 2.52 bits per heavy atom. The lowest BCUT2D eigenvalue weighted by atomic mass is 9.91. The molecule has 40 heavy (non-hydrogen) atoms. The van der Waals surface area contributed by atoms with Gasteiger partial charge in [-0.3, -0.25) is 14.6 Å². The van der Waals surface area contributed by atoms with Crippen molar-refractivity contribution in [1.29, 1.82) is 0 Å². The molecule has 8 heteroatoms. The molecule has 1 saturated heterocycles. The highest BCUT2D eigenvalue weighted by molar-refractivity contribution is 6.09. The molecule has 2 aliphatic rings. The van der Waals surface area contributed by atoms with Crippen molar-refractivity contribution in [2.45, 2.75) is 38.0 Å². The molecular formula is C32H37N3O5. The van der Waals surface area contributed by atoms with Crippen LogP contribution in [0.2, 0.25) is 0 Å². The lowest BCUT2D eigenvalue weighted by molar-refractivity contribution is -0.137. The molecule has 1 unspecified atom stereocenters. The van der Waals surface area contributed by atoms with Gasteiger partial charge < -0.3 is 24.4 Å². The van der Waals surface area contributed by atoms with Gasteiger partial charge in [-0.25, -0.2) is 0 Å². The molecule has 210 valence electrons. The topological polar surface area (TPSA) is 92.2 Å². The Balaban J connectivity index is 1.22. The first-order valence-corrected chi connectivity index (χ1v) is 14.0. The molecule has 1 N–H and O–H groups in total. The zero-order valence-electron chi connectivity index (χ0n) is 23.2. The number of ether oxygens (including phenoxy) is 2. The number of piperidine rings is 1. The highest BCUT2D eigenvalue weighted by Gasteiger charge is 2.34. The number of carboxylic acid groups (broad SMARTS) is 1. The Labute approximate surface area is 235 Å². The van der Waals surface area contributed by atoms with Gasteiger partial charge in [-0.1, -0.05) is 12.1 Å². The van der Waals surface area contributed by atoms with E-state index < -0.39 is 5.97 Å². The average Bonchev–Trinajstić information content (AvgIpc) is 3.84. The summed E-state index contributed by atoms with van der Waals surface area (Å²) in [6, 6.07) is 17.3. The zero-order valence-corrected chi connectivity index (χ0v) is 23.2. The Morgan fingerprint density at radius 1 is 1.05 bits per heavy atom. The van der Waals surface area contributed by atoms with Crippen molar-refractivity contribution >= 4 is 23.3 Å². The second kappa shape index (κ2) is 12.4. The quantitative estimate of drug-likeness (QED) is 0.335. The van der Waals surface area contributed by atoms with E-state index >= 15 is 0 Å². The molecule has 0 spiro atoms. The Morgan fingerprint density at radius 2 is 1.85 bits per heavy atom. The third-order valence-electron chi connectivity index (χ3n) is 8.09. The minimum absolute atomic E-state index is 0.0567. The van der Waals surface area contributed by atoms with Crippen LogP contribution in [0.3, 0.4) is 0 Å². The molecule has 1 amide bonds. The number of aromatic nitrogens is 1. The van der Waals surface area contributed by atoms with Crippen LogP contribution in [-0.2, 0) is 4.79 Å². The van der Waals surface area contributed by atoms with Crippen molar-refractivity contribution in [1.82, 2.24) is 4.98 Å². The van der Waals surface area contributed by atoms with Crippen molar-refractivity contribution in [2.24, 2.45) is 11.8 Å². The minimum atomic E-state index is -0.750. The SMILES string of the molecule is COc1ccc(C(=O)N(C)c2cccnc2)c(N2CCC(COc3cccc(C(CC(=O)O)C4CC4)c3)CC2)c1. The van der Waals surface area contributed by atoms with E-state index in [2.05, 4.69) is 9.88 Å². The van der Waals surface area contributed by atoms with E-state index in [1.165, 1.54) is 0 Å². The predicted molar refractivity (Wildman–Crippen MR) is 155 cm³/mol. The summed E-state index contributed by atoms with van der Waals surface area (Å²) in [6.45, 7) is 2.22. The zero-order chi connectivity index (χ0) is 28.1. The summed E-state index contributed by atoms with van der Waals surface area (Å²) in [5.41, 5.74) is 3.30. The standard InChI is InChI=1S/C32H37N3O5/c1-34(25-6-4-14-33-20-25)32(38)28-11-10-26(39-2)18-30(28)35-15-12-22(13-16-35)21-40-27-7-3-5-24(17-27)29(19-31(36)37)23-8-9-23/h3-7,10-11,14,17-18,20,22-23,29H,8-9,12-13,15-16,19,21H2,1-2H3,(H,36,37). The van der Waals surface area contributed by atoms with Crippen LogP contribution < -0.4 is 19.3 Å². The lowest BCUT2D eigenvalue weighted by Gasteiger charge is -2.35. The van der Waals surface area contributed by atoms with E-state index in [0.717, 1.165) is 61.5 Å². The first-order valence-electron chi connectivity index (χ1n) is 14.0. The molecule has 1 aliphatic carbocycles. The second-order valence-corrected chi connectivity index (χ2v) is 10.8. The molecular weight excluding hydrogens is 506 g/mol. The number of aliphatic carboxylic acids is 1. The number of carbonyl (C=O) groups is 2. The van der Waals surface area contributed by atoms with E-state index in [4.69, 9.17) is 9.47 Å². The highest BCUT2D eigenvalue weighted by Crippen LogP contribution is 2.45. The molecule has 2 fully saturated rings. The Kier molecular flexibility index (Phi) is 8.53. The third kappa shape index (κ3) is 6.55. The van der Waals surface area contributed by atoms with Crippen molar-refractivity contribution in [3.05, 3.63) is 78.1 Å². The minimum Gasteiger partial charge on any atom is -0.497 e. The number of hydrogen-bond donors (Lipinski definition) is 1. The van der Waals surface area contributed by atoms with E-state index in [-0.39, 0.29) is 18.2 Å². The van der Waals surface area contributed by atoms with Crippen LogP contribution in [-0.4, -0.2) is 55.8 Å². The molecule has 5 rings (SSSR count). The summed E-state index contributed by atoms with van der Waals surface area (Å²) < 4.78 is 11.7. The normalized spacial score (nSPS) is 16.3. The van der Waals surface area contributed by atoms with Gasteiger partial charge in [0.25, 0.3) is 5.91 Å². The van der Waals surface area contributed by atoms with Crippen molar-refractivity contribution in [3.63, 3.8) is 0 Å². The lowest BCUT2D eigenvalue weighted by Crippen LogP contribution is -2.37. The van der Waals surface area contributed by atoms with Crippen LogP contribution in [0.5, 0.6) is 11.5 Å². The predicted octanol–water partition coefficient (Wildman–Crippen LogP) is 5.63. The second-order valence-electron chi connectivity index (χ2n) is 10.8. The van der Waals surface area contributed by atoms with Gasteiger partial charge in [0.2, 0.25) is 0 Å². The molecule has 0 radical (unpaired) electrons. The molecule has 1 atom stereocenters. The van der Waals surface area contributed by atoms with Crippen LogP contribution in [0.4, 0.5) is 11.4 Å². The van der Waals surface area contributed by atoms with Gasteiger partial charge in [-0.15, -0.1) is 0 Å². The van der Waals surface area contributed by atoms with E-state index in [1.54, 1.807) is 31.5 Å². The number of carbonyl (C=O) groups excluding carboxylic acids is 1. The fraction of sp³-hybridized carbons (Fsp3) is 0.406. The van der Waals surface area contributed by atoms with Crippen LogP contribution in [0.25, 0.3) is 0 Å². The fourth-order valence-electron chi connectivity index (χ4n) is 5.56. The van der Waals surface area contributed by atoms with E-state index in [0.29, 0.717) is 29.8 Å². The molecule has 8 nitrogen and oxygen atoms in total. The summed E-state index contributed by atoms with van der Waals surface area (Å²) in [5, 5.41) is 9.36. The summed E-state index contributed by atoms with van der Waals surface area (Å²) in [5.74, 6) is 1.59. The molecule has 2 heterocycles. The van der Waals surface area contributed by atoms with E-state index in [1.807, 2.05) is 54.6 Å². The van der Waals surface area contributed by atoms with Gasteiger partial charge in [0.15, 0.2) is 0 Å². The van der Waals surface area contributed by atoms with Gasteiger partial charge >= 0.3 is 5.97 Å². The fourth-order valence-corrected chi connectivity index (χ4v) is 5.56. The number of methoxy groups -OCH3 is 1. The molecule has 1 aliphatic heterocycles. The maximum absolute atomic E-state index is 13.5. The Hall–Kier alpha value is -4.07. The Bertz CT molecular complexity index is 1320. The van der Waals surface area contributed by atoms with E-state index in [9.17, 15) is 14.7 Å². The molecule has 0 bridgehead atoms. The summed E-state index contributed by atoms with van der Waals surface area (Å²) in [6.07, 6.45) is 7.61. The number of carboxylic acids is 1. The van der Waals surface area contributed by atoms with Gasteiger partial charge in [-0.2, -0.15) is 0 Å². The number of benzene rings is 2. The molecule has 2 aromatic carbocycles. The summed E-state index contributed by atoms with van der Waals surface area (Å²) in [7, 11) is 3.40. The highest BCUT2D eigenvalue weighted by atomic mass is 16.5. The summed E-state index contributed by atoms with van der Waals surface area (Å²) >= 11 is 0. The summed E-state index contributed by atoms with van der Waals surface area (Å²) in [4.78, 5) is 32.9.